The molecule has 2 aromatic rings. The van der Waals surface area contributed by atoms with E-state index in [0.717, 1.165) is 43.4 Å². The number of aromatic nitrogens is 2. The van der Waals surface area contributed by atoms with Crippen LogP contribution in [0.2, 0.25) is 0 Å². The summed E-state index contributed by atoms with van der Waals surface area (Å²) in [5.74, 6) is -0.0836. The molecule has 0 aliphatic heterocycles. The minimum atomic E-state index is -0.103. The van der Waals surface area contributed by atoms with Gasteiger partial charge in [-0.05, 0) is 49.1 Å². The van der Waals surface area contributed by atoms with E-state index in [0.29, 0.717) is 11.4 Å². The summed E-state index contributed by atoms with van der Waals surface area (Å²) >= 11 is 1.42. The van der Waals surface area contributed by atoms with Crippen molar-refractivity contribution in [3.63, 3.8) is 0 Å². The van der Waals surface area contributed by atoms with Crippen molar-refractivity contribution in [1.29, 1.82) is 0 Å². The van der Waals surface area contributed by atoms with Crippen LogP contribution in [0.3, 0.4) is 0 Å². The van der Waals surface area contributed by atoms with Crippen molar-refractivity contribution in [2.75, 3.05) is 0 Å². The van der Waals surface area contributed by atoms with Gasteiger partial charge in [-0.3, -0.25) is 9.59 Å². The highest BCUT2D eigenvalue weighted by atomic mass is 32.1. The molecule has 3 rings (SSSR count). The van der Waals surface area contributed by atoms with Gasteiger partial charge in [0.25, 0.3) is 11.5 Å². The van der Waals surface area contributed by atoms with Crippen LogP contribution in [0.1, 0.15) is 53.5 Å². The van der Waals surface area contributed by atoms with Gasteiger partial charge in [0.15, 0.2) is 0 Å². The van der Waals surface area contributed by atoms with Crippen molar-refractivity contribution in [1.82, 2.24) is 15.1 Å². The zero-order valence-corrected chi connectivity index (χ0v) is 14.8. The number of amides is 1. The molecule has 24 heavy (non-hydrogen) atoms. The molecule has 0 bridgehead atoms. The predicted octanol–water partition coefficient (Wildman–Crippen LogP) is 2.78. The van der Waals surface area contributed by atoms with Crippen LogP contribution in [0.15, 0.2) is 28.4 Å². The van der Waals surface area contributed by atoms with Gasteiger partial charge in [0.05, 0.1) is 17.1 Å². The number of rotatable bonds is 5. The Morgan fingerprint density at radius 1 is 1.38 bits per heavy atom. The second kappa shape index (κ2) is 7.75. The first-order valence-electron chi connectivity index (χ1n) is 8.61. The average molecular weight is 345 g/mol. The molecule has 0 saturated carbocycles. The fraction of sp³-hybridized carbons (Fsp3) is 0.500. The number of hydrogen-bond donors (Lipinski definition) is 1. The number of nitrogens with one attached hydrogen (secondary N) is 1. The van der Waals surface area contributed by atoms with E-state index in [4.69, 9.17) is 0 Å². The van der Waals surface area contributed by atoms with Crippen LogP contribution in [0.4, 0.5) is 0 Å². The first-order valence-corrected chi connectivity index (χ1v) is 9.49. The number of nitrogens with zero attached hydrogens (tertiary/aromatic N) is 2. The fourth-order valence-corrected chi connectivity index (χ4v) is 3.69. The quantitative estimate of drug-likeness (QED) is 0.848. The number of aryl methyl sites for hydroxylation is 2. The van der Waals surface area contributed by atoms with Crippen LogP contribution in [-0.2, 0) is 19.4 Å². The first kappa shape index (κ1) is 16.9. The molecule has 1 aliphatic carbocycles. The van der Waals surface area contributed by atoms with Gasteiger partial charge in [-0.2, -0.15) is 5.10 Å². The number of hydrogen-bond acceptors (Lipinski definition) is 4. The van der Waals surface area contributed by atoms with Crippen molar-refractivity contribution >= 4 is 17.2 Å². The molecule has 6 heteroatoms. The normalized spacial score (nSPS) is 15.4. The van der Waals surface area contributed by atoms with Crippen LogP contribution in [0, 0.1) is 0 Å². The molecule has 2 heterocycles. The Labute approximate surface area is 145 Å². The molecular formula is C18H23N3O2S. The second-order valence-corrected chi connectivity index (χ2v) is 7.20. The molecule has 2 aromatic heterocycles. The van der Waals surface area contributed by atoms with E-state index in [-0.39, 0.29) is 17.5 Å². The summed E-state index contributed by atoms with van der Waals surface area (Å²) in [5, 5.41) is 9.48. The summed E-state index contributed by atoms with van der Waals surface area (Å²) in [7, 11) is 0. The number of fused-ring (bicyclic) bond motifs is 1. The van der Waals surface area contributed by atoms with E-state index in [1.165, 1.54) is 22.4 Å². The number of carbonyl (C=O) groups excluding carboxylic acids is 1. The van der Waals surface area contributed by atoms with Crippen molar-refractivity contribution in [3.05, 3.63) is 50.1 Å². The van der Waals surface area contributed by atoms with Crippen LogP contribution < -0.4 is 10.9 Å². The molecule has 5 nitrogen and oxygen atoms in total. The molecule has 1 atom stereocenters. The summed E-state index contributed by atoms with van der Waals surface area (Å²) in [5.41, 5.74) is 2.08. The molecule has 0 spiro atoms. The molecule has 0 saturated heterocycles. The molecule has 0 fully saturated rings. The van der Waals surface area contributed by atoms with Gasteiger partial charge < -0.3 is 5.32 Å². The predicted molar refractivity (Wildman–Crippen MR) is 95.6 cm³/mol. The lowest BCUT2D eigenvalue weighted by atomic mass is 10.1. The summed E-state index contributed by atoms with van der Waals surface area (Å²) in [6.45, 7) is 2.42. The maximum atomic E-state index is 12.4. The lowest BCUT2D eigenvalue weighted by Crippen LogP contribution is -2.40. The first-order chi connectivity index (χ1) is 11.7. The highest BCUT2D eigenvalue weighted by Crippen LogP contribution is 2.17. The van der Waals surface area contributed by atoms with E-state index in [2.05, 4.69) is 10.4 Å². The van der Waals surface area contributed by atoms with Gasteiger partial charge in [-0.1, -0.05) is 19.4 Å². The molecule has 128 valence electrons. The van der Waals surface area contributed by atoms with E-state index in [9.17, 15) is 9.59 Å². The van der Waals surface area contributed by atoms with Crippen molar-refractivity contribution in [2.45, 2.75) is 58.0 Å². The van der Waals surface area contributed by atoms with E-state index in [1.54, 1.807) is 12.1 Å². The molecule has 1 amide bonds. The van der Waals surface area contributed by atoms with E-state index >= 15 is 0 Å². The number of thiophene rings is 1. The van der Waals surface area contributed by atoms with Gasteiger partial charge in [-0.25, -0.2) is 4.68 Å². The van der Waals surface area contributed by atoms with Crippen molar-refractivity contribution < 1.29 is 4.79 Å². The van der Waals surface area contributed by atoms with E-state index < -0.39 is 0 Å². The highest BCUT2D eigenvalue weighted by Gasteiger charge is 2.17. The van der Waals surface area contributed by atoms with E-state index in [1.807, 2.05) is 18.4 Å². The molecule has 1 aliphatic rings. The SMILES string of the molecule is CC[C@@H](Cn1nc2c(cc1=O)CCCCC2)NC(=O)c1cccs1. The molecule has 0 radical (unpaired) electrons. The topological polar surface area (TPSA) is 64.0 Å². The number of carbonyl (C=O) groups is 1. The zero-order chi connectivity index (χ0) is 16.9. The summed E-state index contributed by atoms with van der Waals surface area (Å²) in [6.07, 6.45) is 6.09. The second-order valence-electron chi connectivity index (χ2n) is 6.25. The van der Waals surface area contributed by atoms with Crippen LogP contribution in [0.25, 0.3) is 0 Å². The molecule has 0 unspecified atom stereocenters. The van der Waals surface area contributed by atoms with Gasteiger partial charge in [0.2, 0.25) is 0 Å². The maximum Gasteiger partial charge on any atom is 0.267 e. The average Bonchev–Trinajstić information content (AvgIpc) is 3.02. The van der Waals surface area contributed by atoms with Gasteiger partial charge in [0.1, 0.15) is 0 Å². The van der Waals surface area contributed by atoms with Crippen LogP contribution in [-0.4, -0.2) is 21.7 Å². The Hall–Kier alpha value is -1.95. The minimum Gasteiger partial charge on any atom is -0.347 e. The third kappa shape index (κ3) is 3.93. The molecular weight excluding hydrogens is 322 g/mol. The van der Waals surface area contributed by atoms with Gasteiger partial charge >= 0.3 is 0 Å². The van der Waals surface area contributed by atoms with Crippen molar-refractivity contribution in [2.24, 2.45) is 0 Å². The van der Waals surface area contributed by atoms with Crippen LogP contribution >= 0.6 is 11.3 Å². The van der Waals surface area contributed by atoms with Gasteiger partial charge in [-0.15, -0.1) is 11.3 Å². The largest absolute Gasteiger partial charge is 0.347 e. The Kier molecular flexibility index (Phi) is 5.45. The lowest BCUT2D eigenvalue weighted by molar-refractivity contribution is 0.0934. The Morgan fingerprint density at radius 3 is 2.96 bits per heavy atom. The highest BCUT2D eigenvalue weighted by molar-refractivity contribution is 7.12. The lowest BCUT2D eigenvalue weighted by Gasteiger charge is -2.18. The molecule has 1 N–H and O–H groups in total. The Morgan fingerprint density at radius 2 is 2.21 bits per heavy atom. The third-order valence-corrected chi connectivity index (χ3v) is 5.36. The van der Waals surface area contributed by atoms with Gasteiger partial charge in [0, 0.05) is 12.1 Å². The Bertz CT molecular complexity index is 752. The maximum absolute atomic E-state index is 12.4. The minimum absolute atomic E-state index is 0.0699. The van der Waals surface area contributed by atoms with Crippen LogP contribution in [0.5, 0.6) is 0 Å². The molecule has 0 aromatic carbocycles. The smallest absolute Gasteiger partial charge is 0.267 e. The Balaban J connectivity index is 1.75. The fourth-order valence-electron chi connectivity index (χ4n) is 3.06. The standard InChI is InChI=1S/C18H23N3O2S/c1-2-14(19-18(23)16-9-6-10-24-16)12-21-17(22)11-13-7-4-3-5-8-15(13)20-21/h6,9-11,14H,2-5,7-8,12H2,1H3,(H,19,23)/t14-/m0/s1. The third-order valence-electron chi connectivity index (χ3n) is 4.49. The summed E-state index contributed by atoms with van der Waals surface area (Å²) in [4.78, 5) is 25.3. The monoisotopic (exact) mass is 345 g/mol. The van der Waals surface area contributed by atoms with Crippen molar-refractivity contribution in [3.8, 4) is 0 Å². The summed E-state index contributed by atoms with van der Waals surface area (Å²) < 4.78 is 1.52. The summed E-state index contributed by atoms with van der Waals surface area (Å²) in [6, 6.07) is 5.30. The zero-order valence-electron chi connectivity index (χ0n) is 14.0.